The van der Waals surface area contributed by atoms with E-state index >= 15 is 0 Å². The van der Waals surface area contributed by atoms with E-state index in [0.717, 1.165) is 25.0 Å². The van der Waals surface area contributed by atoms with E-state index in [4.69, 9.17) is 4.74 Å². The summed E-state index contributed by atoms with van der Waals surface area (Å²) < 4.78 is 18.4. The van der Waals surface area contributed by atoms with Crippen molar-refractivity contribution >= 4 is 5.91 Å². The average Bonchev–Trinajstić information content (AvgIpc) is 2.92. The Labute approximate surface area is 113 Å². The number of benzene rings is 1. The molecule has 19 heavy (non-hydrogen) atoms. The SMILES string of the molecule is CCC(C(=O)NCC1CCCO1)c1ccc(F)cc1. The maximum absolute atomic E-state index is 12.9. The second kappa shape index (κ2) is 6.66. The highest BCUT2D eigenvalue weighted by atomic mass is 19.1. The van der Waals surface area contributed by atoms with Gasteiger partial charge in [-0.1, -0.05) is 19.1 Å². The van der Waals surface area contributed by atoms with Crippen molar-refractivity contribution in [2.45, 2.75) is 38.2 Å². The molecule has 1 aromatic rings. The minimum atomic E-state index is -0.279. The predicted octanol–water partition coefficient (Wildman–Crippen LogP) is 2.61. The van der Waals surface area contributed by atoms with Crippen LogP contribution in [-0.4, -0.2) is 25.2 Å². The first kappa shape index (κ1) is 14.0. The van der Waals surface area contributed by atoms with Crippen molar-refractivity contribution in [1.82, 2.24) is 5.32 Å². The fourth-order valence-electron chi connectivity index (χ4n) is 2.41. The van der Waals surface area contributed by atoms with E-state index in [9.17, 15) is 9.18 Å². The first-order valence-corrected chi connectivity index (χ1v) is 6.85. The zero-order valence-electron chi connectivity index (χ0n) is 11.2. The molecule has 0 spiro atoms. The molecule has 1 amide bonds. The van der Waals surface area contributed by atoms with Crippen molar-refractivity contribution < 1.29 is 13.9 Å². The summed E-state index contributed by atoms with van der Waals surface area (Å²) in [7, 11) is 0. The lowest BCUT2D eigenvalue weighted by Gasteiger charge is -2.17. The lowest BCUT2D eigenvalue weighted by Crippen LogP contribution is -2.35. The first-order valence-electron chi connectivity index (χ1n) is 6.85. The Hall–Kier alpha value is -1.42. The molecule has 1 aliphatic rings. The zero-order valence-corrected chi connectivity index (χ0v) is 11.2. The van der Waals surface area contributed by atoms with E-state index < -0.39 is 0 Å². The van der Waals surface area contributed by atoms with Crippen LogP contribution in [0.2, 0.25) is 0 Å². The maximum atomic E-state index is 12.9. The van der Waals surface area contributed by atoms with Gasteiger partial charge in [0, 0.05) is 13.2 Å². The molecule has 0 bridgehead atoms. The molecule has 0 radical (unpaired) electrons. The van der Waals surface area contributed by atoms with Gasteiger partial charge in [-0.3, -0.25) is 4.79 Å². The lowest BCUT2D eigenvalue weighted by atomic mass is 9.95. The third-order valence-corrected chi connectivity index (χ3v) is 3.53. The number of nitrogens with one attached hydrogen (secondary N) is 1. The Morgan fingerprint density at radius 3 is 2.79 bits per heavy atom. The van der Waals surface area contributed by atoms with Crippen molar-refractivity contribution in [2.75, 3.05) is 13.2 Å². The molecule has 1 fully saturated rings. The van der Waals surface area contributed by atoms with Gasteiger partial charge in [-0.15, -0.1) is 0 Å². The van der Waals surface area contributed by atoms with Gasteiger partial charge in [-0.2, -0.15) is 0 Å². The summed E-state index contributed by atoms with van der Waals surface area (Å²) >= 11 is 0. The van der Waals surface area contributed by atoms with Crippen LogP contribution in [0.15, 0.2) is 24.3 Å². The molecule has 1 saturated heterocycles. The van der Waals surface area contributed by atoms with Gasteiger partial charge in [-0.25, -0.2) is 4.39 Å². The van der Waals surface area contributed by atoms with Gasteiger partial charge in [0.25, 0.3) is 0 Å². The van der Waals surface area contributed by atoms with E-state index in [0.29, 0.717) is 13.0 Å². The molecular weight excluding hydrogens is 245 g/mol. The van der Waals surface area contributed by atoms with Crippen molar-refractivity contribution in [3.05, 3.63) is 35.6 Å². The number of halogens is 1. The summed E-state index contributed by atoms with van der Waals surface area (Å²) in [5, 5.41) is 2.93. The number of carbonyl (C=O) groups excluding carboxylic acids is 1. The summed E-state index contributed by atoms with van der Waals surface area (Å²) in [6.45, 7) is 3.31. The zero-order chi connectivity index (χ0) is 13.7. The highest BCUT2D eigenvalue weighted by Crippen LogP contribution is 2.20. The highest BCUT2D eigenvalue weighted by molar-refractivity contribution is 5.83. The Balaban J connectivity index is 1.92. The standard InChI is InChI=1S/C15H20FNO2/c1-2-14(11-5-7-12(16)8-6-11)15(18)17-10-13-4-3-9-19-13/h5-8,13-14H,2-4,9-10H2,1H3,(H,17,18). The van der Waals surface area contributed by atoms with Crippen LogP contribution >= 0.6 is 0 Å². The quantitative estimate of drug-likeness (QED) is 0.888. The Kier molecular flexibility index (Phi) is 4.91. The van der Waals surface area contributed by atoms with Crippen LogP contribution in [0, 0.1) is 5.82 Å². The van der Waals surface area contributed by atoms with E-state index in [1.54, 1.807) is 12.1 Å². The topological polar surface area (TPSA) is 38.3 Å². The fraction of sp³-hybridized carbons (Fsp3) is 0.533. The summed E-state index contributed by atoms with van der Waals surface area (Å²) in [4.78, 5) is 12.2. The molecule has 0 saturated carbocycles. The smallest absolute Gasteiger partial charge is 0.227 e. The second-order valence-corrected chi connectivity index (χ2v) is 4.89. The number of ether oxygens (including phenoxy) is 1. The van der Waals surface area contributed by atoms with Crippen LogP contribution in [0.4, 0.5) is 4.39 Å². The van der Waals surface area contributed by atoms with E-state index in [-0.39, 0.29) is 23.7 Å². The molecule has 2 unspecified atom stereocenters. The van der Waals surface area contributed by atoms with Crippen LogP contribution in [0.3, 0.4) is 0 Å². The van der Waals surface area contributed by atoms with Gasteiger partial charge in [0.05, 0.1) is 12.0 Å². The lowest BCUT2D eigenvalue weighted by molar-refractivity contribution is -0.123. The predicted molar refractivity (Wildman–Crippen MR) is 71.4 cm³/mol. The largest absolute Gasteiger partial charge is 0.376 e. The van der Waals surface area contributed by atoms with E-state index in [1.807, 2.05) is 6.92 Å². The van der Waals surface area contributed by atoms with Gasteiger partial charge >= 0.3 is 0 Å². The van der Waals surface area contributed by atoms with Crippen LogP contribution in [-0.2, 0) is 9.53 Å². The Morgan fingerprint density at radius 2 is 2.21 bits per heavy atom. The molecule has 1 aromatic carbocycles. The monoisotopic (exact) mass is 265 g/mol. The molecule has 0 aliphatic carbocycles. The molecule has 1 aliphatic heterocycles. The minimum Gasteiger partial charge on any atom is -0.376 e. The van der Waals surface area contributed by atoms with Crippen molar-refractivity contribution in [3.8, 4) is 0 Å². The fourth-order valence-corrected chi connectivity index (χ4v) is 2.41. The molecule has 4 heteroatoms. The van der Waals surface area contributed by atoms with Gasteiger partial charge < -0.3 is 10.1 Å². The molecule has 3 nitrogen and oxygen atoms in total. The van der Waals surface area contributed by atoms with Gasteiger partial charge in [0.1, 0.15) is 5.82 Å². The highest BCUT2D eigenvalue weighted by Gasteiger charge is 2.21. The average molecular weight is 265 g/mol. The van der Waals surface area contributed by atoms with Crippen molar-refractivity contribution in [3.63, 3.8) is 0 Å². The summed E-state index contributed by atoms with van der Waals surface area (Å²) in [5.41, 5.74) is 0.855. The number of amides is 1. The molecular formula is C15H20FNO2. The van der Waals surface area contributed by atoms with Crippen LogP contribution < -0.4 is 5.32 Å². The summed E-state index contributed by atoms with van der Waals surface area (Å²) in [6, 6.07) is 6.14. The van der Waals surface area contributed by atoms with E-state index in [2.05, 4.69) is 5.32 Å². The van der Waals surface area contributed by atoms with E-state index in [1.165, 1.54) is 12.1 Å². The van der Waals surface area contributed by atoms with Gasteiger partial charge in [-0.05, 0) is 37.0 Å². The first-order chi connectivity index (χ1) is 9.20. The summed E-state index contributed by atoms with van der Waals surface area (Å²) in [5.74, 6) is -0.509. The van der Waals surface area contributed by atoms with Crippen molar-refractivity contribution in [1.29, 1.82) is 0 Å². The second-order valence-electron chi connectivity index (χ2n) is 4.89. The molecule has 1 heterocycles. The third kappa shape index (κ3) is 3.77. The Bertz CT molecular complexity index is 413. The van der Waals surface area contributed by atoms with Crippen molar-refractivity contribution in [2.24, 2.45) is 0 Å². The maximum Gasteiger partial charge on any atom is 0.227 e. The molecule has 0 aromatic heterocycles. The number of rotatable bonds is 5. The molecule has 1 N–H and O–H groups in total. The van der Waals surface area contributed by atoms with Crippen LogP contribution in [0.5, 0.6) is 0 Å². The Morgan fingerprint density at radius 1 is 1.47 bits per heavy atom. The molecule has 2 atom stereocenters. The number of carbonyl (C=O) groups is 1. The normalized spacial score (nSPS) is 20.2. The van der Waals surface area contributed by atoms with Gasteiger partial charge in [0.15, 0.2) is 0 Å². The summed E-state index contributed by atoms with van der Waals surface area (Å²) in [6.07, 6.45) is 2.92. The van der Waals surface area contributed by atoms with Gasteiger partial charge in [0.2, 0.25) is 5.91 Å². The molecule has 2 rings (SSSR count). The minimum absolute atomic E-state index is 0.00962. The van der Waals surface area contributed by atoms with Crippen LogP contribution in [0.1, 0.15) is 37.7 Å². The third-order valence-electron chi connectivity index (χ3n) is 3.53. The number of hydrogen-bond donors (Lipinski definition) is 1. The number of hydrogen-bond acceptors (Lipinski definition) is 2. The van der Waals surface area contributed by atoms with Crippen LogP contribution in [0.25, 0.3) is 0 Å². The molecule has 104 valence electrons.